The normalized spacial score (nSPS) is 10.8. The highest BCUT2D eigenvalue weighted by molar-refractivity contribution is 5.59. The Hall–Kier alpha value is -3.73. The lowest BCUT2D eigenvalue weighted by atomic mass is 10.1. The summed E-state index contributed by atoms with van der Waals surface area (Å²) >= 11 is 0. The van der Waals surface area contributed by atoms with Gasteiger partial charge in [-0.25, -0.2) is 4.98 Å². The van der Waals surface area contributed by atoms with Crippen LogP contribution in [0.15, 0.2) is 96.1 Å². The first-order valence-corrected chi connectivity index (χ1v) is 11.1. The first kappa shape index (κ1) is 21.5. The number of unbranched alkanes of at least 4 members (excludes halogenated alkanes) is 3. The topological polar surface area (TPSA) is 57.0 Å². The lowest BCUT2D eigenvalue weighted by Crippen LogP contribution is -2.21. The fraction of sp³-hybridized carbons (Fsp3) is 0.222. The van der Waals surface area contributed by atoms with Crippen molar-refractivity contribution in [2.24, 2.45) is 0 Å². The summed E-state index contributed by atoms with van der Waals surface area (Å²) < 4.78 is 7.59. The molecule has 4 aromatic rings. The summed E-state index contributed by atoms with van der Waals surface area (Å²) in [7, 11) is 0. The van der Waals surface area contributed by atoms with Crippen molar-refractivity contribution in [1.82, 2.24) is 14.5 Å². The van der Waals surface area contributed by atoms with Gasteiger partial charge in [0.15, 0.2) is 0 Å². The van der Waals surface area contributed by atoms with Crippen LogP contribution in [0.3, 0.4) is 0 Å². The van der Waals surface area contributed by atoms with Gasteiger partial charge in [0.1, 0.15) is 11.6 Å². The highest BCUT2D eigenvalue weighted by atomic mass is 16.5. The summed E-state index contributed by atoms with van der Waals surface area (Å²) in [4.78, 5) is 21.1. The number of ether oxygens (including phenoxy) is 1. The zero-order valence-corrected chi connectivity index (χ0v) is 18.1. The first-order chi connectivity index (χ1) is 15.8. The highest BCUT2D eigenvalue weighted by Crippen LogP contribution is 2.20. The Morgan fingerprint density at radius 1 is 0.719 bits per heavy atom. The highest BCUT2D eigenvalue weighted by Gasteiger charge is 2.06. The van der Waals surface area contributed by atoms with E-state index in [0.29, 0.717) is 12.4 Å². The van der Waals surface area contributed by atoms with Gasteiger partial charge in [0.2, 0.25) is 0 Å². The molecule has 0 radical (unpaired) electrons. The molecule has 0 N–H and O–H groups in total. The molecule has 0 spiro atoms. The lowest BCUT2D eigenvalue weighted by molar-refractivity contribution is 0.304. The minimum atomic E-state index is -0.0383. The van der Waals surface area contributed by atoms with Crippen LogP contribution in [-0.4, -0.2) is 21.1 Å². The van der Waals surface area contributed by atoms with E-state index >= 15 is 0 Å². The molecule has 3 heterocycles. The van der Waals surface area contributed by atoms with Gasteiger partial charge in [0.25, 0.3) is 5.56 Å². The van der Waals surface area contributed by atoms with Crippen molar-refractivity contribution in [1.29, 1.82) is 0 Å². The second-order valence-corrected chi connectivity index (χ2v) is 7.63. The summed E-state index contributed by atoms with van der Waals surface area (Å²) in [6.45, 7) is 0.701. The van der Waals surface area contributed by atoms with Gasteiger partial charge in [0, 0.05) is 29.7 Å². The number of aromatic nitrogens is 3. The third kappa shape index (κ3) is 5.70. The Morgan fingerprint density at radius 2 is 1.50 bits per heavy atom. The van der Waals surface area contributed by atoms with Crippen LogP contribution in [0.4, 0.5) is 0 Å². The van der Waals surface area contributed by atoms with Crippen LogP contribution >= 0.6 is 0 Å². The number of nitrogens with zero attached hydrogens (tertiary/aromatic N) is 3. The molecule has 3 aromatic heterocycles. The van der Waals surface area contributed by atoms with Crippen LogP contribution in [0.5, 0.6) is 5.75 Å². The summed E-state index contributed by atoms with van der Waals surface area (Å²) in [6, 6.07) is 25.0. The Morgan fingerprint density at radius 3 is 2.25 bits per heavy atom. The predicted octanol–water partition coefficient (Wildman–Crippen LogP) is 5.48. The van der Waals surface area contributed by atoms with Crippen LogP contribution in [0.1, 0.15) is 31.4 Å². The van der Waals surface area contributed by atoms with Crippen molar-refractivity contribution in [3.05, 3.63) is 107 Å². The second kappa shape index (κ2) is 11.0. The van der Waals surface area contributed by atoms with Crippen molar-refractivity contribution < 1.29 is 4.74 Å². The van der Waals surface area contributed by atoms with Crippen LogP contribution in [-0.2, 0) is 6.42 Å². The quantitative estimate of drug-likeness (QED) is 0.316. The van der Waals surface area contributed by atoms with E-state index < -0.39 is 0 Å². The Kier molecular flexibility index (Phi) is 7.42. The van der Waals surface area contributed by atoms with Gasteiger partial charge in [-0.2, -0.15) is 0 Å². The maximum Gasteiger partial charge on any atom is 0.256 e. The zero-order valence-electron chi connectivity index (χ0n) is 18.1. The monoisotopic (exact) mass is 425 g/mol. The van der Waals surface area contributed by atoms with E-state index in [0.717, 1.165) is 54.8 Å². The molecule has 0 saturated carbocycles. The van der Waals surface area contributed by atoms with Gasteiger partial charge < -0.3 is 4.74 Å². The smallest absolute Gasteiger partial charge is 0.256 e. The Labute approximate surface area is 188 Å². The lowest BCUT2D eigenvalue weighted by Gasteiger charge is -2.11. The minimum absolute atomic E-state index is 0.0383. The molecule has 0 amide bonds. The summed E-state index contributed by atoms with van der Waals surface area (Å²) in [5, 5.41) is 0. The van der Waals surface area contributed by atoms with E-state index in [9.17, 15) is 4.79 Å². The maximum absolute atomic E-state index is 12.4. The SMILES string of the molecule is O=c1cccc(CCCCCCOc2ccc(-c3ccccn3)cc2)n1-c1ccccn1. The molecule has 162 valence electrons. The third-order valence-corrected chi connectivity index (χ3v) is 5.32. The summed E-state index contributed by atoms with van der Waals surface area (Å²) in [5.41, 5.74) is 3.01. The zero-order chi connectivity index (χ0) is 22.0. The van der Waals surface area contributed by atoms with Crippen LogP contribution in [0.25, 0.3) is 17.1 Å². The maximum atomic E-state index is 12.4. The van der Waals surface area contributed by atoms with Crippen LogP contribution in [0.2, 0.25) is 0 Å². The summed E-state index contributed by atoms with van der Waals surface area (Å²) in [6.07, 6.45) is 8.57. The van der Waals surface area contributed by atoms with Crippen molar-refractivity contribution >= 4 is 0 Å². The molecule has 0 aliphatic heterocycles. The van der Waals surface area contributed by atoms with Gasteiger partial charge in [-0.05, 0) is 73.9 Å². The average molecular weight is 426 g/mol. The van der Waals surface area contributed by atoms with E-state index in [4.69, 9.17) is 4.74 Å². The molecule has 4 rings (SSSR count). The Balaban J connectivity index is 1.19. The van der Waals surface area contributed by atoms with Crippen LogP contribution in [0, 0.1) is 0 Å². The van der Waals surface area contributed by atoms with Gasteiger partial charge in [-0.15, -0.1) is 0 Å². The fourth-order valence-corrected chi connectivity index (χ4v) is 3.68. The van der Waals surface area contributed by atoms with E-state index in [-0.39, 0.29) is 5.56 Å². The first-order valence-electron chi connectivity index (χ1n) is 11.1. The average Bonchev–Trinajstić information content (AvgIpc) is 2.85. The van der Waals surface area contributed by atoms with Gasteiger partial charge in [0.05, 0.1) is 12.3 Å². The van der Waals surface area contributed by atoms with Crippen molar-refractivity contribution in [2.75, 3.05) is 6.61 Å². The molecule has 1 aromatic carbocycles. The van der Waals surface area contributed by atoms with Crippen molar-refractivity contribution in [2.45, 2.75) is 32.1 Å². The van der Waals surface area contributed by atoms with Crippen molar-refractivity contribution in [3.8, 4) is 22.8 Å². The number of rotatable bonds is 10. The van der Waals surface area contributed by atoms with Gasteiger partial charge in [-0.1, -0.05) is 31.0 Å². The number of aryl methyl sites for hydroxylation is 1. The number of hydrogen-bond acceptors (Lipinski definition) is 4. The molecule has 0 unspecified atom stereocenters. The van der Waals surface area contributed by atoms with E-state index in [1.54, 1.807) is 23.0 Å². The Bertz CT molecular complexity index is 1160. The van der Waals surface area contributed by atoms with E-state index in [1.165, 1.54) is 0 Å². The molecule has 0 aliphatic rings. The number of pyridine rings is 3. The molecule has 5 nitrogen and oxygen atoms in total. The molecule has 0 saturated heterocycles. The number of benzene rings is 1. The molecule has 0 fully saturated rings. The molecule has 5 heteroatoms. The molecular weight excluding hydrogens is 398 g/mol. The largest absolute Gasteiger partial charge is 0.494 e. The molecule has 0 atom stereocenters. The van der Waals surface area contributed by atoms with Gasteiger partial charge in [-0.3, -0.25) is 14.3 Å². The number of hydrogen-bond donors (Lipinski definition) is 0. The minimum Gasteiger partial charge on any atom is -0.494 e. The summed E-state index contributed by atoms with van der Waals surface area (Å²) in [5.74, 6) is 1.56. The second-order valence-electron chi connectivity index (χ2n) is 7.63. The third-order valence-electron chi connectivity index (χ3n) is 5.32. The molecule has 0 aliphatic carbocycles. The predicted molar refractivity (Wildman–Crippen MR) is 127 cm³/mol. The molecule has 0 bridgehead atoms. The van der Waals surface area contributed by atoms with E-state index in [2.05, 4.69) is 9.97 Å². The standard InChI is InChI=1S/C27H27N3O2/c31-27-14-9-11-23(30(27)26-13-5-7-20-29-26)10-3-1-2-8-21-32-24-17-15-22(16-18-24)25-12-4-6-19-28-25/h4-7,9,11-20H,1-3,8,10,21H2. The van der Waals surface area contributed by atoms with Crippen molar-refractivity contribution in [3.63, 3.8) is 0 Å². The fourth-order valence-electron chi connectivity index (χ4n) is 3.68. The van der Waals surface area contributed by atoms with Gasteiger partial charge >= 0.3 is 0 Å². The van der Waals surface area contributed by atoms with E-state index in [1.807, 2.05) is 72.8 Å². The van der Waals surface area contributed by atoms with Crippen LogP contribution < -0.4 is 10.3 Å². The molecular formula is C27H27N3O2. The molecule has 32 heavy (non-hydrogen) atoms.